The zero-order valence-corrected chi connectivity index (χ0v) is 16.0. The summed E-state index contributed by atoms with van der Waals surface area (Å²) in [6.07, 6.45) is 2.63. The highest BCUT2D eigenvalue weighted by atomic mass is 16.3. The fourth-order valence-electron chi connectivity index (χ4n) is 3.45. The van der Waals surface area contributed by atoms with Gasteiger partial charge in [0.1, 0.15) is 5.75 Å². The molecular weight excluding hydrogens is 360 g/mol. The number of benzene rings is 3. The third-order valence-corrected chi connectivity index (χ3v) is 4.99. The average Bonchev–Trinajstić information content (AvgIpc) is 3.26. The van der Waals surface area contributed by atoms with Gasteiger partial charge < -0.3 is 10.4 Å². The first-order valence-electron chi connectivity index (χ1n) is 9.67. The molecule has 0 saturated heterocycles. The molecule has 4 rings (SSSR count). The lowest BCUT2D eigenvalue weighted by molar-refractivity contribution is 0.0954. The Hall–Kier alpha value is -3.66. The second-order valence-corrected chi connectivity index (χ2v) is 6.92. The largest absolute Gasteiger partial charge is 0.508 e. The molecule has 1 aliphatic heterocycles. The second-order valence-electron chi connectivity index (χ2n) is 6.92. The molecule has 144 valence electrons. The van der Waals surface area contributed by atoms with Crippen LogP contribution in [0.4, 0.5) is 0 Å². The van der Waals surface area contributed by atoms with E-state index in [4.69, 9.17) is 0 Å². The Balaban J connectivity index is 1.48. The summed E-state index contributed by atoms with van der Waals surface area (Å²) in [5, 5.41) is 12.8. The molecule has 0 unspecified atom stereocenters. The Morgan fingerprint density at radius 2 is 1.66 bits per heavy atom. The lowest BCUT2D eigenvalue weighted by Gasteiger charge is -2.10. The van der Waals surface area contributed by atoms with E-state index >= 15 is 0 Å². The number of aliphatic imine (C=N–C) groups is 1. The van der Waals surface area contributed by atoms with Crippen LogP contribution in [0.2, 0.25) is 0 Å². The third-order valence-electron chi connectivity index (χ3n) is 4.99. The van der Waals surface area contributed by atoms with E-state index in [0.717, 1.165) is 28.0 Å². The van der Waals surface area contributed by atoms with Crippen LogP contribution in [-0.4, -0.2) is 29.8 Å². The number of hydrogen-bond acceptors (Lipinski definition) is 3. The lowest BCUT2D eigenvalue weighted by Crippen LogP contribution is -2.27. The number of allylic oxidation sites excluding steroid dienone is 1. The monoisotopic (exact) mass is 382 g/mol. The van der Waals surface area contributed by atoms with Crippen molar-refractivity contribution in [2.45, 2.75) is 6.42 Å². The number of aromatic hydroxyl groups is 1. The Bertz CT molecular complexity index is 1080. The van der Waals surface area contributed by atoms with Crippen molar-refractivity contribution in [2.24, 2.45) is 4.99 Å². The van der Waals surface area contributed by atoms with Crippen LogP contribution in [-0.2, 0) is 6.42 Å². The van der Waals surface area contributed by atoms with Crippen molar-refractivity contribution in [3.05, 3.63) is 107 Å². The van der Waals surface area contributed by atoms with Gasteiger partial charge in [-0.3, -0.25) is 9.79 Å². The Kier molecular flexibility index (Phi) is 5.52. The fraction of sp³-hybridized carbons (Fsp3) is 0.120. The van der Waals surface area contributed by atoms with Gasteiger partial charge in [-0.25, -0.2) is 0 Å². The number of para-hydroxylation sites is 1. The van der Waals surface area contributed by atoms with Crippen LogP contribution in [0.15, 0.2) is 89.9 Å². The molecule has 4 nitrogen and oxygen atoms in total. The minimum absolute atomic E-state index is 0.139. The van der Waals surface area contributed by atoms with Gasteiger partial charge in [0.2, 0.25) is 0 Å². The van der Waals surface area contributed by atoms with E-state index in [1.165, 1.54) is 0 Å². The molecule has 29 heavy (non-hydrogen) atoms. The summed E-state index contributed by atoms with van der Waals surface area (Å²) >= 11 is 0. The maximum Gasteiger partial charge on any atom is 0.251 e. The van der Waals surface area contributed by atoms with Crippen LogP contribution in [0, 0.1) is 0 Å². The second kappa shape index (κ2) is 8.57. The van der Waals surface area contributed by atoms with Crippen molar-refractivity contribution in [3.63, 3.8) is 0 Å². The normalized spacial score (nSPS) is 13.0. The number of carbonyl (C=O) groups excluding carboxylic acids is 1. The average molecular weight is 382 g/mol. The Morgan fingerprint density at radius 3 is 2.48 bits per heavy atom. The van der Waals surface area contributed by atoms with Gasteiger partial charge in [0.25, 0.3) is 5.91 Å². The summed E-state index contributed by atoms with van der Waals surface area (Å²) in [4.78, 5) is 17.5. The first-order valence-corrected chi connectivity index (χ1v) is 9.67. The highest BCUT2D eigenvalue weighted by Crippen LogP contribution is 2.23. The van der Waals surface area contributed by atoms with Gasteiger partial charge in [0.05, 0.1) is 12.3 Å². The number of carbonyl (C=O) groups is 1. The molecule has 0 saturated carbocycles. The van der Waals surface area contributed by atoms with Crippen LogP contribution in [0.25, 0.3) is 5.57 Å². The number of nitrogens with one attached hydrogen (secondary N) is 1. The highest BCUT2D eigenvalue weighted by molar-refractivity contribution is 6.19. The molecule has 0 fully saturated rings. The van der Waals surface area contributed by atoms with Gasteiger partial charge in [-0.1, -0.05) is 66.7 Å². The highest BCUT2D eigenvalue weighted by Gasteiger charge is 2.18. The molecular formula is C25H22N2O2. The molecule has 2 N–H and O–H groups in total. The number of rotatable bonds is 6. The summed E-state index contributed by atoms with van der Waals surface area (Å²) in [6.45, 7) is 1.06. The summed E-state index contributed by atoms with van der Waals surface area (Å²) in [5.74, 6) is 0.112. The molecule has 1 aliphatic rings. The third kappa shape index (κ3) is 4.27. The zero-order chi connectivity index (χ0) is 20.1. The van der Waals surface area contributed by atoms with Gasteiger partial charge in [-0.05, 0) is 41.3 Å². The van der Waals surface area contributed by atoms with Gasteiger partial charge in [-0.2, -0.15) is 0 Å². The first kappa shape index (κ1) is 18.7. The molecule has 0 spiro atoms. The minimum Gasteiger partial charge on any atom is -0.508 e. The SMILES string of the molecule is O=C(NCCc1ccccc1O)c1ccccc1C1=NCC(c2ccccc2)=C1. The van der Waals surface area contributed by atoms with Gasteiger partial charge in [0, 0.05) is 17.7 Å². The molecule has 0 radical (unpaired) electrons. The smallest absolute Gasteiger partial charge is 0.251 e. The number of phenols is 1. The fourth-order valence-corrected chi connectivity index (χ4v) is 3.45. The standard InChI is InChI=1S/C25H22N2O2/c28-24-13-7-4-10-19(24)14-15-26-25(29)22-12-6-5-11-21(22)23-16-20(17-27-23)18-8-2-1-3-9-18/h1-13,16,28H,14-15,17H2,(H,26,29). The molecule has 0 bridgehead atoms. The molecule has 0 aromatic heterocycles. The van der Waals surface area contributed by atoms with Crippen molar-refractivity contribution in [1.82, 2.24) is 5.32 Å². The van der Waals surface area contributed by atoms with Gasteiger partial charge >= 0.3 is 0 Å². The minimum atomic E-state index is -0.139. The molecule has 3 aromatic carbocycles. The van der Waals surface area contributed by atoms with E-state index in [0.29, 0.717) is 25.1 Å². The van der Waals surface area contributed by atoms with E-state index in [1.54, 1.807) is 12.1 Å². The molecule has 3 aromatic rings. The van der Waals surface area contributed by atoms with Crippen molar-refractivity contribution in [1.29, 1.82) is 0 Å². The van der Waals surface area contributed by atoms with Crippen molar-refractivity contribution >= 4 is 17.2 Å². The van der Waals surface area contributed by atoms with Crippen LogP contribution in [0.5, 0.6) is 5.75 Å². The number of phenolic OH excluding ortho intramolecular Hbond substituents is 1. The molecule has 1 heterocycles. The number of hydrogen-bond donors (Lipinski definition) is 2. The van der Waals surface area contributed by atoms with Crippen LogP contribution in [0.3, 0.4) is 0 Å². The maximum absolute atomic E-state index is 12.8. The predicted octanol–water partition coefficient (Wildman–Crippen LogP) is 4.25. The van der Waals surface area contributed by atoms with Crippen LogP contribution in [0.1, 0.15) is 27.0 Å². The van der Waals surface area contributed by atoms with Crippen molar-refractivity contribution < 1.29 is 9.90 Å². The van der Waals surface area contributed by atoms with E-state index < -0.39 is 0 Å². The van der Waals surface area contributed by atoms with E-state index in [-0.39, 0.29) is 11.7 Å². The summed E-state index contributed by atoms with van der Waals surface area (Å²) in [5.41, 5.74) is 5.38. The Morgan fingerprint density at radius 1 is 0.931 bits per heavy atom. The predicted molar refractivity (Wildman–Crippen MR) is 116 cm³/mol. The summed E-state index contributed by atoms with van der Waals surface area (Å²) < 4.78 is 0. The molecule has 0 aliphatic carbocycles. The quantitative estimate of drug-likeness (QED) is 0.669. The van der Waals surface area contributed by atoms with Gasteiger partial charge in [0.15, 0.2) is 0 Å². The number of nitrogens with zero attached hydrogens (tertiary/aromatic N) is 1. The molecule has 4 heteroatoms. The zero-order valence-electron chi connectivity index (χ0n) is 16.0. The summed E-state index contributed by atoms with van der Waals surface area (Å²) in [7, 11) is 0. The van der Waals surface area contributed by atoms with Crippen molar-refractivity contribution in [3.8, 4) is 5.75 Å². The molecule has 0 atom stereocenters. The lowest BCUT2D eigenvalue weighted by atomic mass is 10.00. The van der Waals surface area contributed by atoms with E-state index in [2.05, 4.69) is 28.5 Å². The van der Waals surface area contributed by atoms with Crippen LogP contribution < -0.4 is 5.32 Å². The van der Waals surface area contributed by atoms with Crippen LogP contribution >= 0.6 is 0 Å². The van der Waals surface area contributed by atoms with Crippen molar-refractivity contribution in [2.75, 3.05) is 13.1 Å². The number of amides is 1. The first-order chi connectivity index (χ1) is 14.2. The molecule has 1 amide bonds. The Labute approximate surface area is 170 Å². The topological polar surface area (TPSA) is 61.7 Å². The maximum atomic E-state index is 12.8. The van der Waals surface area contributed by atoms with E-state index in [9.17, 15) is 9.90 Å². The van der Waals surface area contributed by atoms with Gasteiger partial charge in [-0.15, -0.1) is 0 Å². The van der Waals surface area contributed by atoms with E-state index in [1.807, 2.05) is 54.6 Å². The summed E-state index contributed by atoms with van der Waals surface area (Å²) in [6, 6.07) is 24.9.